The third kappa shape index (κ3) is 10.1. The number of carbonyl (C=O) groups excluding carboxylic acids is 2. The molecule has 0 aliphatic heterocycles. The van der Waals surface area contributed by atoms with Crippen molar-refractivity contribution in [1.82, 2.24) is 15.2 Å². The topological polar surface area (TPSA) is 199 Å². The lowest BCUT2D eigenvalue weighted by atomic mass is 9.91. The fourth-order valence-corrected chi connectivity index (χ4v) is 6.63. The Labute approximate surface area is 305 Å². The van der Waals surface area contributed by atoms with Crippen molar-refractivity contribution in [3.8, 4) is 16.9 Å². The number of nitrogens with two attached hydrogens (primary N) is 1. The summed E-state index contributed by atoms with van der Waals surface area (Å²) in [5.41, 5.74) is 12.1. The quantitative estimate of drug-likeness (QED) is 0.0860. The number of carbonyl (C=O) groups is 2. The minimum atomic E-state index is -1.82. The van der Waals surface area contributed by atoms with Crippen molar-refractivity contribution in [2.45, 2.75) is 114 Å². The first-order chi connectivity index (χ1) is 24.9. The summed E-state index contributed by atoms with van der Waals surface area (Å²) in [5.74, 6) is 0.102. The van der Waals surface area contributed by atoms with Crippen LogP contribution in [-0.2, 0) is 21.7 Å². The summed E-state index contributed by atoms with van der Waals surface area (Å²) >= 11 is 0. The highest BCUT2D eigenvalue weighted by Gasteiger charge is 2.46. The van der Waals surface area contributed by atoms with Crippen LogP contribution < -0.4 is 15.8 Å². The van der Waals surface area contributed by atoms with Crippen LogP contribution in [0.1, 0.15) is 86.5 Å². The summed E-state index contributed by atoms with van der Waals surface area (Å²) in [6.45, 7) is 3.66. The summed E-state index contributed by atoms with van der Waals surface area (Å²) in [7, 11) is 0. The van der Waals surface area contributed by atoms with Crippen LogP contribution in [-0.4, -0.2) is 97.4 Å². The molecule has 2 aromatic carbocycles. The lowest BCUT2D eigenvalue weighted by Crippen LogP contribution is -2.51. The number of ether oxygens (including phenoxy) is 1. The molecule has 2 fully saturated rings. The summed E-state index contributed by atoms with van der Waals surface area (Å²) in [5, 5.41) is 53.3. The highest BCUT2D eigenvalue weighted by Crippen LogP contribution is 2.50. The Kier molecular flexibility index (Phi) is 13.4. The van der Waals surface area contributed by atoms with E-state index in [9.17, 15) is 30.0 Å². The number of amides is 2. The Morgan fingerprint density at radius 2 is 1.75 bits per heavy atom. The van der Waals surface area contributed by atoms with E-state index in [1.165, 1.54) is 21.6 Å². The Bertz CT molecular complexity index is 1660. The van der Waals surface area contributed by atoms with Gasteiger partial charge >= 0.3 is 0 Å². The maximum Gasteiger partial charge on any atom is 0.222 e. The molecule has 3 aromatic rings. The van der Waals surface area contributed by atoms with Gasteiger partial charge in [-0.2, -0.15) is 0 Å². The first-order valence-electron chi connectivity index (χ1n) is 18.4. The molecule has 282 valence electrons. The normalized spacial score (nSPS) is 17.8. The lowest BCUT2D eigenvalue weighted by molar-refractivity contribution is -0.140. The number of aryl methyl sites for hydroxylation is 1. The molecule has 5 rings (SSSR count). The number of nitrogens with zero attached hydrogens (tertiary/aromatic N) is 2. The maximum absolute atomic E-state index is 13.2. The number of nitrogens with one attached hydrogen (secondary N) is 1. The van der Waals surface area contributed by atoms with E-state index in [0.717, 1.165) is 48.1 Å². The van der Waals surface area contributed by atoms with Crippen LogP contribution in [0.25, 0.3) is 11.1 Å². The molecule has 0 saturated heterocycles. The molecule has 12 nitrogen and oxygen atoms in total. The average molecular weight is 719 g/mol. The first-order valence-corrected chi connectivity index (χ1v) is 18.4. The van der Waals surface area contributed by atoms with E-state index >= 15 is 0 Å². The van der Waals surface area contributed by atoms with Gasteiger partial charge in [0.25, 0.3) is 0 Å². The number of pyridine rings is 1. The standard InChI is InChI=1S/C40H54N4O8/c1-25(6-5-9-37(49)44(19-15-36(41)48)23-33(46)38(50)39(51)34(47)24-45)27-11-10-26(2)28(20-27)21-43-40(16-17-40)32-22-42-18-14-30(32)31-7-3-4-8-35(31)52-29-12-13-29/h3-4,7-8,10-11,14,18,20,22,25,29,33-34,38-39,43,45-47,50-51H,5-6,9,12-13,15-17,19,21,23-24H2,1-2H3,(H2,41,48)/t25?,33-,34+,38+,39+/m0/s1. The number of aliphatic hydroxyl groups excluding tert-OH is 5. The van der Waals surface area contributed by atoms with E-state index in [0.29, 0.717) is 25.5 Å². The van der Waals surface area contributed by atoms with Crippen molar-refractivity contribution in [3.05, 3.63) is 83.2 Å². The molecule has 5 atom stereocenters. The Balaban J connectivity index is 1.19. The zero-order valence-corrected chi connectivity index (χ0v) is 30.2. The van der Waals surface area contributed by atoms with Gasteiger partial charge in [0.15, 0.2) is 0 Å². The molecular formula is C40H54N4O8. The van der Waals surface area contributed by atoms with E-state index in [1.54, 1.807) is 0 Å². The molecule has 52 heavy (non-hydrogen) atoms. The molecular weight excluding hydrogens is 664 g/mol. The summed E-state index contributed by atoms with van der Waals surface area (Å²) < 4.78 is 6.27. The van der Waals surface area contributed by atoms with Crippen LogP contribution in [0.2, 0.25) is 0 Å². The van der Waals surface area contributed by atoms with Gasteiger partial charge in [0, 0.05) is 56.0 Å². The number of hydrogen-bond donors (Lipinski definition) is 7. The maximum atomic E-state index is 13.2. The van der Waals surface area contributed by atoms with Gasteiger partial charge in [-0.15, -0.1) is 0 Å². The third-order valence-electron chi connectivity index (χ3n) is 10.4. The summed E-state index contributed by atoms with van der Waals surface area (Å²) in [6.07, 6.45) is 2.67. The first kappa shape index (κ1) is 39.3. The number of para-hydroxylation sites is 1. The van der Waals surface area contributed by atoms with Crippen molar-refractivity contribution in [1.29, 1.82) is 0 Å². The Morgan fingerprint density at radius 1 is 1.02 bits per heavy atom. The monoisotopic (exact) mass is 718 g/mol. The van der Waals surface area contributed by atoms with E-state index in [1.807, 2.05) is 24.5 Å². The highest BCUT2D eigenvalue weighted by atomic mass is 16.5. The minimum absolute atomic E-state index is 0.0662. The summed E-state index contributed by atoms with van der Waals surface area (Å²) in [4.78, 5) is 30.4. The smallest absolute Gasteiger partial charge is 0.222 e. The van der Waals surface area contributed by atoms with Crippen LogP contribution in [0.5, 0.6) is 5.75 Å². The van der Waals surface area contributed by atoms with Crippen LogP contribution in [0.4, 0.5) is 0 Å². The van der Waals surface area contributed by atoms with Crippen LogP contribution >= 0.6 is 0 Å². The summed E-state index contributed by atoms with van der Waals surface area (Å²) in [6, 6.07) is 16.8. The Morgan fingerprint density at radius 3 is 2.44 bits per heavy atom. The van der Waals surface area contributed by atoms with Crippen molar-refractivity contribution in [2.75, 3.05) is 19.7 Å². The fraction of sp³-hybridized carbons (Fsp3) is 0.525. The predicted octanol–water partition coefficient (Wildman–Crippen LogP) is 2.79. The largest absolute Gasteiger partial charge is 0.490 e. The predicted molar refractivity (Wildman–Crippen MR) is 196 cm³/mol. The van der Waals surface area contributed by atoms with Crippen molar-refractivity contribution in [2.24, 2.45) is 5.73 Å². The minimum Gasteiger partial charge on any atom is -0.490 e. The van der Waals surface area contributed by atoms with Gasteiger partial charge < -0.3 is 46.2 Å². The zero-order valence-electron chi connectivity index (χ0n) is 30.2. The molecule has 2 aliphatic carbocycles. The molecule has 0 radical (unpaired) electrons. The molecule has 1 heterocycles. The second-order valence-corrected chi connectivity index (χ2v) is 14.5. The number of aliphatic hydroxyl groups is 5. The molecule has 8 N–H and O–H groups in total. The number of hydrogen-bond acceptors (Lipinski definition) is 10. The van der Waals surface area contributed by atoms with E-state index in [4.69, 9.17) is 15.6 Å². The number of aromatic nitrogens is 1. The lowest BCUT2D eigenvalue weighted by Gasteiger charge is -2.30. The molecule has 0 bridgehead atoms. The molecule has 1 unspecified atom stereocenters. The van der Waals surface area contributed by atoms with Gasteiger partial charge in [-0.25, -0.2) is 0 Å². The van der Waals surface area contributed by atoms with Gasteiger partial charge in [-0.3, -0.25) is 14.6 Å². The average Bonchev–Trinajstić information content (AvgIpc) is 4.09. The molecule has 2 aliphatic rings. The van der Waals surface area contributed by atoms with E-state index in [-0.39, 0.29) is 43.3 Å². The number of benzene rings is 2. The zero-order chi connectivity index (χ0) is 37.4. The fourth-order valence-electron chi connectivity index (χ4n) is 6.63. The van der Waals surface area contributed by atoms with Gasteiger partial charge in [0.1, 0.15) is 30.2 Å². The number of rotatable bonds is 21. The molecule has 0 spiro atoms. The molecule has 1 aromatic heterocycles. The molecule has 2 amide bonds. The molecule has 12 heteroatoms. The second kappa shape index (κ2) is 17.7. The SMILES string of the molecule is Cc1ccc(C(C)CCCC(=O)N(CCC(N)=O)C[C@H](O)[C@@H](O)[C@H](O)[C@H](O)CO)cc1CNC1(c2cnccc2-c2ccccc2OC2CC2)CC1. The Hall–Kier alpha value is -3.91. The van der Waals surface area contributed by atoms with Crippen molar-refractivity contribution in [3.63, 3.8) is 0 Å². The highest BCUT2D eigenvalue weighted by molar-refractivity contribution is 5.78. The van der Waals surface area contributed by atoms with Gasteiger partial charge in [0.2, 0.25) is 11.8 Å². The number of primary amides is 1. The van der Waals surface area contributed by atoms with Gasteiger partial charge in [-0.1, -0.05) is 43.3 Å². The second-order valence-electron chi connectivity index (χ2n) is 14.5. The van der Waals surface area contributed by atoms with Gasteiger partial charge in [-0.05, 0) is 91.3 Å². The van der Waals surface area contributed by atoms with Gasteiger partial charge in [0.05, 0.1) is 12.7 Å². The van der Waals surface area contributed by atoms with Crippen LogP contribution in [0.15, 0.2) is 60.9 Å². The van der Waals surface area contributed by atoms with Crippen molar-refractivity contribution < 1.29 is 39.9 Å². The van der Waals surface area contributed by atoms with E-state index < -0.39 is 36.9 Å². The van der Waals surface area contributed by atoms with Crippen LogP contribution in [0, 0.1) is 6.92 Å². The third-order valence-corrected chi connectivity index (χ3v) is 10.4. The van der Waals surface area contributed by atoms with E-state index in [2.05, 4.69) is 60.5 Å². The molecule has 2 saturated carbocycles. The van der Waals surface area contributed by atoms with Crippen LogP contribution in [0.3, 0.4) is 0 Å². The van der Waals surface area contributed by atoms with Crippen molar-refractivity contribution >= 4 is 11.8 Å².